The summed E-state index contributed by atoms with van der Waals surface area (Å²) >= 11 is 4.01. The van der Waals surface area contributed by atoms with Crippen LogP contribution in [0.1, 0.15) is 47.5 Å². The van der Waals surface area contributed by atoms with Crippen molar-refractivity contribution < 1.29 is 0 Å². The number of aromatic nitrogens is 1. The van der Waals surface area contributed by atoms with Gasteiger partial charge in [-0.3, -0.25) is 0 Å². The average Bonchev–Trinajstić information content (AvgIpc) is 2.87. The summed E-state index contributed by atoms with van der Waals surface area (Å²) in [5, 5.41) is 5.31. The van der Waals surface area contributed by atoms with Crippen molar-refractivity contribution in [3.8, 4) is 0 Å². The zero-order valence-corrected chi connectivity index (χ0v) is 12.6. The maximum atomic E-state index is 4.91. The second kappa shape index (κ2) is 6.21. The Morgan fingerprint density at radius 1 is 1.47 bits per heavy atom. The molecule has 17 heavy (non-hydrogen) atoms. The van der Waals surface area contributed by atoms with Gasteiger partial charge in [0.15, 0.2) is 0 Å². The summed E-state index contributed by atoms with van der Waals surface area (Å²) in [4.78, 5) is 6.36. The number of thiazole rings is 1. The van der Waals surface area contributed by atoms with Crippen LogP contribution >= 0.6 is 23.1 Å². The molecular formula is C13H22N2S2. The van der Waals surface area contributed by atoms with Crippen LogP contribution in [0.3, 0.4) is 0 Å². The van der Waals surface area contributed by atoms with E-state index in [4.69, 9.17) is 4.98 Å². The lowest BCUT2D eigenvalue weighted by Gasteiger charge is -2.04. The Morgan fingerprint density at radius 3 is 2.88 bits per heavy atom. The molecule has 0 radical (unpaired) electrons. The molecule has 0 spiro atoms. The Bertz CT molecular complexity index is 354. The van der Waals surface area contributed by atoms with Crippen molar-refractivity contribution in [2.24, 2.45) is 5.92 Å². The Hall–Kier alpha value is -0.0600. The predicted octanol–water partition coefficient (Wildman–Crippen LogP) is 3.63. The normalized spacial score (nSPS) is 20.4. The van der Waals surface area contributed by atoms with Crippen LogP contribution in [-0.2, 0) is 13.0 Å². The van der Waals surface area contributed by atoms with Crippen LogP contribution in [0.5, 0.6) is 0 Å². The van der Waals surface area contributed by atoms with E-state index in [0.717, 1.165) is 13.0 Å². The molecule has 1 fully saturated rings. The van der Waals surface area contributed by atoms with Gasteiger partial charge in [0.05, 0.1) is 10.9 Å². The van der Waals surface area contributed by atoms with Gasteiger partial charge >= 0.3 is 0 Å². The first-order valence-corrected chi connectivity index (χ1v) is 8.32. The second-order valence-corrected chi connectivity index (χ2v) is 7.48. The van der Waals surface area contributed by atoms with E-state index in [9.17, 15) is 0 Å². The van der Waals surface area contributed by atoms with Gasteiger partial charge in [0.1, 0.15) is 5.01 Å². The standard InChI is InChI=1S/C13H22N2S2/c1-9(2)7-10-12(8-14-3)17-13(15-10)11-5-4-6-16-11/h9,11,14H,4-8H2,1-3H3. The summed E-state index contributed by atoms with van der Waals surface area (Å²) in [6.07, 6.45) is 3.79. The molecule has 96 valence electrons. The first-order valence-electron chi connectivity index (χ1n) is 6.45. The highest BCUT2D eigenvalue weighted by Gasteiger charge is 2.23. The Kier molecular flexibility index (Phi) is 4.88. The van der Waals surface area contributed by atoms with Crippen molar-refractivity contribution in [2.45, 2.75) is 44.9 Å². The fourth-order valence-corrected chi connectivity index (χ4v) is 4.77. The predicted molar refractivity (Wildman–Crippen MR) is 77.9 cm³/mol. The first-order chi connectivity index (χ1) is 8.20. The molecule has 1 atom stereocenters. The lowest BCUT2D eigenvalue weighted by atomic mass is 10.1. The quantitative estimate of drug-likeness (QED) is 0.884. The van der Waals surface area contributed by atoms with E-state index in [-0.39, 0.29) is 0 Å². The van der Waals surface area contributed by atoms with E-state index in [2.05, 4.69) is 30.9 Å². The van der Waals surface area contributed by atoms with E-state index in [1.807, 2.05) is 18.4 Å². The number of nitrogens with one attached hydrogen (secondary N) is 1. The van der Waals surface area contributed by atoms with Crippen LogP contribution in [0.25, 0.3) is 0 Å². The van der Waals surface area contributed by atoms with Crippen molar-refractivity contribution in [3.05, 3.63) is 15.6 Å². The molecule has 2 nitrogen and oxygen atoms in total. The van der Waals surface area contributed by atoms with E-state index in [1.165, 1.54) is 34.2 Å². The maximum Gasteiger partial charge on any atom is 0.106 e. The number of hydrogen-bond donors (Lipinski definition) is 1. The highest BCUT2D eigenvalue weighted by molar-refractivity contribution is 7.99. The third kappa shape index (κ3) is 3.46. The minimum atomic E-state index is 0.677. The number of thioether (sulfide) groups is 1. The minimum Gasteiger partial charge on any atom is -0.315 e. The fourth-order valence-electron chi connectivity index (χ4n) is 2.16. The summed E-state index contributed by atoms with van der Waals surface area (Å²) in [5.74, 6) is 2.00. The molecule has 1 aromatic rings. The van der Waals surface area contributed by atoms with Gasteiger partial charge in [-0.1, -0.05) is 13.8 Å². The van der Waals surface area contributed by atoms with E-state index < -0.39 is 0 Å². The maximum absolute atomic E-state index is 4.91. The van der Waals surface area contributed by atoms with Crippen molar-refractivity contribution in [1.29, 1.82) is 0 Å². The minimum absolute atomic E-state index is 0.677. The molecule has 1 aromatic heterocycles. The van der Waals surface area contributed by atoms with Crippen LogP contribution < -0.4 is 5.32 Å². The zero-order chi connectivity index (χ0) is 12.3. The van der Waals surface area contributed by atoms with Crippen LogP contribution in [-0.4, -0.2) is 17.8 Å². The largest absolute Gasteiger partial charge is 0.315 e. The van der Waals surface area contributed by atoms with Crippen molar-refractivity contribution in [3.63, 3.8) is 0 Å². The molecule has 0 bridgehead atoms. The summed E-state index contributed by atoms with van der Waals surface area (Å²) < 4.78 is 0. The molecule has 1 unspecified atom stereocenters. The zero-order valence-electron chi connectivity index (χ0n) is 11.0. The molecule has 0 aliphatic carbocycles. The van der Waals surface area contributed by atoms with E-state index in [0.29, 0.717) is 11.2 Å². The van der Waals surface area contributed by atoms with Gasteiger partial charge in [-0.15, -0.1) is 11.3 Å². The molecule has 0 amide bonds. The lowest BCUT2D eigenvalue weighted by Crippen LogP contribution is -2.07. The second-order valence-electron chi connectivity index (χ2n) is 5.05. The highest BCUT2D eigenvalue weighted by atomic mass is 32.2. The molecule has 0 saturated carbocycles. The smallest absolute Gasteiger partial charge is 0.106 e. The monoisotopic (exact) mass is 270 g/mol. The average molecular weight is 270 g/mol. The van der Waals surface area contributed by atoms with Gasteiger partial charge in [0.2, 0.25) is 0 Å². The number of rotatable bonds is 5. The highest BCUT2D eigenvalue weighted by Crippen LogP contribution is 2.42. The molecule has 2 rings (SSSR count). The van der Waals surface area contributed by atoms with Crippen LogP contribution in [0.4, 0.5) is 0 Å². The summed E-state index contributed by atoms with van der Waals surface area (Å²) in [6.45, 7) is 5.51. The molecule has 1 aliphatic heterocycles. The van der Waals surface area contributed by atoms with E-state index in [1.54, 1.807) is 0 Å². The molecular weight excluding hydrogens is 248 g/mol. The summed E-state index contributed by atoms with van der Waals surface area (Å²) in [7, 11) is 2.02. The fraction of sp³-hybridized carbons (Fsp3) is 0.769. The number of hydrogen-bond acceptors (Lipinski definition) is 4. The van der Waals surface area contributed by atoms with Crippen LogP contribution in [0, 0.1) is 5.92 Å². The number of nitrogens with zero attached hydrogens (tertiary/aromatic N) is 1. The van der Waals surface area contributed by atoms with Crippen LogP contribution in [0.15, 0.2) is 0 Å². The lowest BCUT2D eigenvalue weighted by molar-refractivity contribution is 0.628. The molecule has 4 heteroatoms. The first kappa shape index (κ1) is 13.4. The van der Waals surface area contributed by atoms with Crippen LogP contribution in [0.2, 0.25) is 0 Å². The van der Waals surface area contributed by atoms with Crippen molar-refractivity contribution in [1.82, 2.24) is 10.3 Å². The van der Waals surface area contributed by atoms with Gasteiger partial charge in [-0.25, -0.2) is 4.98 Å². The Balaban J connectivity index is 2.16. The Morgan fingerprint density at radius 2 is 2.29 bits per heavy atom. The summed E-state index contributed by atoms with van der Waals surface area (Å²) in [5.41, 5.74) is 1.34. The SMILES string of the molecule is CNCc1sc(C2CCCS2)nc1CC(C)C. The molecule has 1 saturated heterocycles. The van der Waals surface area contributed by atoms with E-state index >= 15 is 0 Å². The third-order valence-corrected chi connectivity index (χ3v) is 5.69. The van der Waals surface area contributed by atoms with Gasteiger partial charge in [0, 0.05) is 11.4 Å². The van der Waals surface area contributed by atoms with Crippen molar-refractivity contribution >= 4 is 23.1 Å². The molecule has 2 heterocycles. The van der Waals surface area contributed by atoms with Gasteiger partial charge in [0.25, 0.3) is 0 Å². The van der Waals surface area contributed by atoms with Gasteiger partial charge in [-0.05, 0) is 38.0 Å². The third-order valence-electron chi connectivity index (χ3n) is 2.94. The Labute approximate surface area is 113 Å². The van der Waals surface area contributed by atoms with Gasteiger partial charge < -0.3 is 5.32 Å². The topological polar surface area (TPSA) is 24.9 Å². The van der Waals surface area contributed by atoms with Gasteiger partial charge in [-0.2, -0.15) is 11.8 Å². The molecule has 1 N–H and O–H groups in total. The summed E-state index contributed by atoms with van der Waals surface area (Å²) in [6, 6.07) is 0. The molecule has 1 aliphatic rings. The molecule has 0 aromatic carbocycles. The van der Waals surface area contributed by atoms with Crippen molar-refractivity contribution in [2.75, 3.05) is 12.8 Å².